The molecule has 2 N–H and O–H groups in total. The van der Waals surface area contributed by atoms with Gasteiger partial charge >= 0.3 is 0 Å². The van der Waals surface area contributed by atoms with E-state index in [1.54, 1.807) is 30.0 Å². The van der Waals surface area contributed by atoms with Gasteiger partial charge in [0.05, 0.1) is 17.1 Å². The summed E-state index contributed by atoms with van der Waals surface area (Å²) in [6.45, 7) is 0. The van der Waals surface area contributed by atoms with Crippen LogP contribution in [0, 0.1) is 5.21 Å². The predicted molar refractivity (Wildman–Crippen MR) is 67.9 cm³/mol. The van der Waals surface area contributed by atoms with Crippen LogP contribution >= 0.6 is 11.8 Å². The molecule has 0 aliphatic carbocycles. The molecule has 0 saturated heterocycles. The van der Waals surface area contributed by atoms with Gasteiger partial charge in [-0.1, -0.05) is 23.9 Å². The van der Waals surface area contributed by atoms with Gasteiger partial charge in [0.1, 0.15) is 0 Å². The van der Waals surface area contributed by atoms with E-state index in [2.05, 4.69) is 5.32 Å². The minimum absolute atomic E-state index is 0.124. The summed E-state index contributed by atoms with van der Waals surface area (Å²) in [4.78, 5) is 2.03. The third kappa shape index (κ3) is 1.84. The second-order valence-corrected chi connectivity index (χ2v) is 4.76. The van der Waals surface area contributed by atoms with Crippen LogP contribution in [0.4, 0.5) is 17.1 Å². The Balaban J connectivity index is 2.03. The van der Waals surface area contributed by atoms with Gasteiger partial charge in [0, 0.05) is 9.79 Å². The van der Waals surface area contributed by atoms with E-state index in [1.807, 2.05) is 24.3 Å². The lowest BCUT2D eigenvalue weighted by Gasteiger charge is -2.25. The fourth-order valence-corrected chi connectivity index (χ4v) is 2.76. The van der Waals surface area contributed by atoms with Crippen molar-refractivity contribution < 1.29 is 5.21 Å². The zero-order valence-electron chi connectivity index (χ0n) is 8.75. The zero-order chi connectivity index (χ0) is 11.8. The summed E-state index contributed by atoms with van der Waals surface area (Å²) in [5, 5.41) is 22.8. The molecule has 0 atom stereocenters. The molecule has 86 valence electrons. The summed E-state index contributed by atoms with van der Waals surface area (Å²) in [6.07, 6.45) is 0. The SMILES string of the molecule is [O-]N(O)c1ccc2c(c1)Sc1ccccc1N2. The summed E-state index contributed by atoms with van der Waals surface area (Å²) >= 11 is 1.57. The maximum absolute atomic E-state index is 10.8. The minimum Gasteiger partial charge on any atom is -0.733 e. The van der Waals surface area contributed by atoms with Gasteiger partial charge in [0.2, 0.25) is 0 Å². The van der Waals surface area contributed by atoms with E-state index in [1.165, 1.54) is 0 Å². The number of hydrogen-bond donors (Lipinski definition) is 2. The normalized spacial score (nSPS) is 12.4. The van der Waals surface area contributed by atoms with Crippen molar-refractivity contribution in [3.05, 3.63) is 47.7 Å². The molecule has 2 aromatic rings. The molecule has 5 heteroatoms. The number of nitrogens with one attached hydrogen (secondary N) is 1. The monoisotopic (exact) mass is 245 g/mol. The van der Waals surface area contributed by atoms with Gasteiger partial charge in [-0.25, -0.2) is 0 Å². The lowest BCUT2D eigenvalue weighted by Crippen LogP contribution is -2.08. The summed E-state index contributed by atoms with van der Waals surface area (Å²) < 4.78 is 0. The van der Waals surface area contributed by atoms with E-state index in [0.717, 1.165) is 21.2 Å². The maximum atomic E-state index is 10.8. The van der Waals surface area contributed by atoms with Crippen molar-refractivity contribution in [3.63, 3.8) is 0 Å². The van der Waals surface area contributed by atoms with Gasteiger partial charge in [0.25, 0.3) is 0 Å². The first-order chi connectivity index (χ1) is 8.24. The molecule has 3 rings (SSSR count). The van der Waals surface area contributed by atoms with Crippen molar-refractivity contribution in [2.24, 2.45) is 0 Å². The zero-order valence-corrected chi connectivity index (χ0v) is 9.57. The Morgan fingerprint density at radius 1 is 1.06 bits per heavy atom. The van der Waals surface area contributed by atoms with Crippen molar-refractivity contribution in [2.45, 2.75) is 9.79 Å². The van der Waals surface area contributed by atoms with Crippen molar-refractivity contribution in [3.8, 4) is 0 Å². The number of fused-ring (bicyclic) bond motifs is 2. The summed E-state index contributed by atoms with van der Waals surface area (Å²) in [5.41, 5.74) is 2.23. The fraction of sp³-hybridized carbons (Fsp3) is 0. The van der Waals surface area contributed by atoms with Crippen LogP contribution in [0.5, 0.6) is 0 Å². The molecule has 0 saturated carbocycles. The van der Waals surface area contributed by atoms with E-state index in [-0.39, 0.29) is 10.9 Å². The van der Waals surface area contributed by atoms with E-state index in [9.17, 15) is 5.21 Å². The van der Waals surface area contributed by atoms with Crippen LogP contribution in [0.25, 0.3) is 0 Å². The molecule has 17 heavy (non-hydrogen) atoms. The quantitative estimate of drug-likeness (QED) is 0.641. The molecule has 0 bridgehead atoms. The van der Waals surface area contributed by atoms with Crippen LogP contribution < -0.4 is 10.5 Å². The van der Waals surface area contributed by atoms with Gasteiger partial charge in [-0.15, -0.1) is 0 Å². The molecule has 1 aliphatic rings. The molecule has 0 amide bonds. The Morgan fingerprint density at radius 3 is 2.65 bits per heavy atom. The molecule has 0 fully saturated rings. The van der Waals surface area contributed by atoms with E-state index >= 15 is 0 Å². The van der Waals surface area contributed by atoms with Crippen LogP contribution in [-0.2, 0) is 0 Å². The Morgan fingerprint density at radius 2 is 1.82 bits per heavy atom. The lowest BCUT2D eigenvalue weighted by atomic mass is 10.2. The minimum atomic E-state index is -0.124. The van der Waals surface area contributed by atoms with Gasteiger partial charge in [-0.3, -0.25) is 5.21 Å². The smallest absolute Gasteiger partial charge is 0.0527 e. The Hall–Kier alpha value is -1.69. The van der Waals surface area contributed by atoms with Gasteiger partial charge in [0.15, 0.2) is 0 Å². The Labute approximate surface area is 102 Å². The van der Waals surface area contributed by atoms with Crippen molar-refractivity contribution >= 4 is 28.8 Å². The number of nitrogens with zero attached hydrogens (tertiary/aromatic N) is 1. The number of hydrogen-bond acceptors (Lipinski definition) is 5. The van der Waals surface area contributed by atoms with Gasteiger partial charge < -0.3 is 15.8 Å². The van der Waals surface area contributed by atoms with Crippen LogP contribution in [-0.4, -0.2) is 5.21 Å². The molecule has 1 aliphatic heterocycles. The highest BCUT2D eigenvalue weighted by atomic mass is 32.2. The van der Waals surface area contributed by atoms with Gasteiger partial charge in [-0.05, 0) is 30.3 Å². The van der Waals surface area contributed by atoms with Crippen molar-refractivity contribution in [2.75, 3.05) is 10.5 Å². The summed E-state index contributed by atoms with van der Waals surface area (Å²) in [6, 6.07) is 13.0. The predicted octanol–water partition coefficient (Wildman–Crippen LogP) is 3.59. The standard InChI is InChI=1S/C12H9N2O2S/c15-14(16)8-5-6-10-12(7-8)17-11-4-2-1-3-9(11)13-10/h1-7,13,15H/q-1. The first kappa shape index (κ1) is 10.5. The van der Waals surface area contributed by atoms with E-state index in [4.69, 9.17) is 5.21 Å². The number of anilines is 3. The lowest BCUT2D eigenvalue weighted by molar-refractivity contribution is 0.296. The molecule has 0 unspecified atom stereocenters. The number of para-hydroxylation sites is 1. The fourth-order valence-electron chi connectivity index (χ4n) is 1.74. The third-order valence-corrected chi connectivity index (χ3v) is 3.70. The van der Waals surface area contributed by atoms with Crippen LogP contribution in [0.2, 0.25) is 0 Å². The second kappa shape index (κ2) is 3.96. The second-order valence-electron chi connectivity index (χ2n) is 3.68. The van der Waals surface area contributed by atoms with E-state index in [0.29, 0.717) is 0 Å². The first-order valence-electron chi connectivity index (χ1n) is 5.08. The average molecular weight is 245 g/mol. The average Bonchev–Trinajstić information content (AvgIpc) is 2.35. The number of rotatable bonds is 1. The highest BCUT2D eigenvalue weighted by molar-refractivity contribution is 7.99. The molecular weight excluding hydrogens is 236 g/mol. The third-order valence-electron chi connectivity index (χ3n) is 2.56. The van der Waals surface area contributed by atoms with Crippen LogP contribution in [0.1, 0.15) is 0 Å². The Kier molecular flexibility index (Phi) is 2.44. The highest BCUT2D eigenvalue weighted by Crippen LogP contribution is 2.44. The topological polar surface area (TPSA) is 58.6 Å². The molecule has 2 aromatic carbocycles. The summed E-state index contributed by atoms with van der Waals surface area (Å²) in [5.74, 6) is 0. The first-order valence-corrected chi connectivity index (χ1v) is 5.90. The van der Waals surface area contributed by atoms with Crippen molar-refractivity contribution in [1.82, 2.24) is 0 Å². The molecular formula is C12H9N2O2S-. The maximum Gasteiger partial charge on any atom is 0.0527 e. The molecule has 4 nitrogen and oxygen atoms in total. The highest BCUT2D eigenvalue weighted by Gasteiger charge is 2.15. The molecule has 0 radical (unpaired) electrons. The largest absolute Gasteiger partial charge is 0.733 e. The molecule has 0 aromatic heterocycles. The van der Waals surface area contributed by atoms with Crippen LogP contribution in [0.15, 0.2) is 52.3 Å². The molecule has 0 spiro atoms. The van der Waals surface area contributed by atoms with Crippen molar-refractivity contribution in [1.29, 1.82) is 0 Å². The Bertz CT molecular complexity index is 572. The van der Waals surface area contributed by atoms with Crippen LogP contribution in [0.3, 0.4) is 0 Å². The van der Waals surface area contributed by atoms with Gasteiger partial charge in [-0.2, -0.15) is 0 Å². The number of benzene rings is 2. The summed E-state index contributed by atoms with van der Waals surface area (Å²) in [7, 11) is 0. The van der Waals surface area contributed by atoms with E-state index < -0.39 is 0 Å². The molecule has 1 heterocycles.